The summed E-state index contributed by atoms with van der Waals surface area (Å²) >= 11 is 0. The molecule has 0 aromatic carbocycles. The van der Waals surface area contributed by atoms with Gasteiger partial charge < -0.3 is 19.3 Å². The Kier molecular flexibility index (Phi) is 9.13. The second kappa shape index (κ2) is 9.54. The summed E-state index contributed by atoms with van der Waals surface area (Å²) in [6.07, 6.45) is 5.23. The van der Waals surface area contributed by atoms with Gasteiger partial charge in [0.1, 0.15) is 0 Å². The smallest absolute Gasteiger partial charge is 0.183 e. The van der Waals surface area contributed by atoms with Gasteiger partial charge in [-0.25, -0.2) is 0 Å². The summed E-state index contributed by atoms with van der Waals surface area (Å²) in [6.45, 7) is 10.3. The fourth-order valence-electron chi connectivity index (χ4n) is 2.30. The van der Waals surface area contributed by atoms with Crippen LogP contribution in [0.1, 0.15) is 39.5 Å². The fourth-order valence-corrected chi connectivity index (χ4v) is 2.30. The zero-order chi connectivity index (χ0) is 12.3. The van der Waals surface area contributed by atoms with Gasteiger partial charge in [0.25, 0.3) is 0 Å². The van der Waals surface area contributed by atoms with Crippen molar-refractivity contribution in [3.05, 3.63) is 10.1 Å². The SMILES string of the molecule is CCCOC[N+]1(CCC)CCCC1.O=N[O-]. The van der Waals surface area contributed by atoms with E-state index in [1.807, 2.05) is 0 Å². The molecule has 16 heavy (non-hydrogen) atoms. The van der Waals surface area contributed by atoms with Gasteiger partial charge in [-0.1, -0.05) is 13.8 Å². The molecular formula is C11H24N2O3. The Labute approximate surface area is 97.9 Å². The van der Waals surface area contributed by atoms with E-state index in [1.54, 1.807) is 0 Å². The molecule has 0 spiro atoms. The van der Waals surface area contributed by atoms with Crippen molar-refractivity contribution in [3.8, 4) is 0 Å². The number of likely N-dealkylation sites (tertiary alicyclic amines) is 1. The predicted molar refractivity (Wildman–Crippen MR) is 64.7 cm³/mol. The summed E-state index contributed by atoms with van der Waals surface area (Å²) in [5, 5.41) is 9.00. The molecule has 0 radical (unpaired) electrons. The molecule has 1 aliphatic heterocycles. The molecule has 5 nitrogen and oxygen atoms in total. The van der Waals surface area contributed by atoms with E-state index >= 15 is 0 Å². The largest absolute Gasteiger partial charge is 0.444 e. The van der Waals surface area contributed by atoms with Gasteiger partial charge >= 0.3 is 0 Å². The Bertz CT molecular complexity index is 171. The van der Waals surface area contributed by atoms with Crippen LogP contribution in [0.25, 0.3) is 0 Å². The lowest BCUT2D eigenvalue weighted by Crippen LogP contribution is -2.47. The van der Waals surface area contributed by atoms with Crippen molar-refractivity contribution in [2.45, 2.75) is 39.5 Å². The van der Waals surface area contributed by atoms with Crippen molar-refractivity contribution < 1.29 is 9.22 Å². The zero-order valence-electron chi connectivity index (χ0n) is 10.5. The van der Waals surface area contributed by atoms with E-state index in [9.17, 15) is 0 Å². The predicted octanol–water partition coefficient (Wildman–Crippen LogP) is 2.64. The number of quaternary nitrogens is 1. The van der Waals surface area contributed by atoms with Crippen molar-refractivity contribution in [3.63, 3.8) is 0 Å². The summed E-state index contributed by atoms with van der Waals surface area (Å²) in [6, 6.07) is 0. The first-order valence-electron chi connectivity index (χ1n) is 6.12. The van der Waals surface area contributed by atoms with Crippen molar-refractivity contribution >= 4 is 0 Å². The third-order valence-corrected chi connectivity index (χ3v) is 2.93. The van der Waals surface area contributed by atoms with Crippen LogP contribution < -0.4 is 0 Å². The molecule has 1 fully saturated rings. The maximum Gasteiger partial charge on any atom is 0.183 e. The van der Waals surface area contributed by atoms with Crippen molar-refractivity contribution in [2.75, 3.05) is 33.0 Å². The van der Waals surface area contributed by atoms with E-state index in [2.05, 4.69) is 13.8 Å². The molecule has 0 aliphatic carbocycles. The highest BCUT2D eigenvalue weighted by Gasteiger charge is 2.30. The molecule has 5 heteroatoms. The maximum atomic E-state index is 8.00. The van der Waals surface area contributed by atoms with Gasteiger partial charge in [0.05, 0.1) is 26.2 Å². The molecule has 1 aliphatic rings. The molecule has 0 aromatic heterocycles. The van der Waals surface area contributed by atoms with Crippen molar-refractivity contribution in [1.29, 1.82) is 0 Å². The number of hydrogen-bond donors (Lipinski definition) is 0. The van der Waals surface area contributed by atoms with E-state index in [1.165, 1.54) is 43.4 Å². The lowest BCUT2D eigenvalue weighted by molar-refractivity contribution is -0.935. The Morgan fingerprint density at radius 2 is 1.81 bits per heavy atom. The Balaban J connectivity index is 0.000000673. The monoisotopic (exact) mass is 232 g/mol. The van der Waals surface area contributed by atoms with Gasteiger partial charge in [-0.05, 0) is 12.8 Å². The lowest BCUT2D eigenvalue weighted by Gasteiger charge is -2.33. The summed E-state index contributed by atoms with van der Waals surface area (Å²) in [7, 11) is 0. The average molecular weight is 232 g/mol. The minimum Gasteiger partial charge on any atom is -0.444 e. The third kappa shape index (κ3) is 6.02. The van der Waals surface area contributed by atoms with Crippen LogP contribution in [0.2, 0.25) is 0 Å². The molecule has 1 saturated heterocycles. The third-order valence-electron chi connectivity index (χ3n) is 2.93. The summed E-state index contributed by atoms with van der Waals surface area (Å²) in [4.78, 5) is 8.00. The van der Waals surface area contributed by atoms with E-state index in [0.717, 1.165) is 25.1 Å². The van der Waals surface area contributed by atoms with E-state index in [0.29, 0.717) is 0 Å². The molecular weight excluding hydrogens is 208 g/mol. The minimum absolute atomic E-state index is 0.934. The first-order valence-corrected chi connectivity index (χ1v) is 6.12. The molecule has 0 saturated carbocycles. The Hall–Kier alpha value is -0.680. The lowest BCUT2D eigenvalue weighted by atomic mass is 10.4. The van der Waals surface area contributed by atoms with Crippen molar-refractivity contribution in [2.24, 2.45) is 5.34 Å². The molecule has 0 N–H and O–H groups in total. The van der Waals surface area contributed by atoms with Gasteiger partial charge in [-0.2, -0.15) is 0 Å². The van der Waals surface area contributed by atoms with Crippen LogP contribution in [0, 0.1) is 10.1 Å². The quantitative estimate of drug-likeness (QED) is 0.306. The van der Waals surface area contributed by atoms with Crippen molar-refractivity contribution in [1.82, 2.24) is 0 Å². The summed E-state index contributed by atoms with van der Waals surface area (Å²) < 4.78 is 6.93. The van der Waals surface area contributed by atoms with Gasteiger partial charge in [0.2, 0.25) is 0 Å². The van der Waals surface area contributed by atoms with Gasteiger partial charge in [-0.15, -0.1) is 5.34 Å². The molecule has 0 aromatic rings. The van der Waals surface area contributed by atoms with Crippen LogP contribution in [-0.4, -0.2) is 37.5 Å². The van der Waals surface area contributed by atoms with E-state index in [4.69, 9.17) is 14.9 Å². The molecule has 0 amide bonds. The first kappa shape index (κ1) is 15.3. The molecule has 1 heterocycles. The van der Waals surface area contributed by atoms with Gasteiger partial charge in [0, 0.05) is 12.8 Å². The molecule has 0 bridgehead atoms. The average Bonchev–Trinajstić information content (AvgIpc) is 2.69. The van der Waals surface area contributed by atoms with Gasteiger partial charge in [0.15, 0.2) is 6.73 Å². The van der Waals surface area contributed by atoms with E-state index < -0.39 is 0 Å². The standard InChI is InChI=1S/C11H24NO.HNO2/c1-3-7-12(8-5-6-9-12)11-13-10-4-2;2-1-3/h3-11H2,1-2H3;(H,2,3)/q+1;/p-1. The topological polar surface area (TPSA) is 61.7 Å². The number of rotatable bonds is 6. The highest BCUT2D eigenvalue weighted by Crippen LogP contribution is 2.19. The molecule has 0 atom stereocenters. The normalized spacial score (nSPS) is 17.6. The summed E-state index contributed by atoms with van der Waals surface area (Å²) in [5.41, 5.74) is 0. The van der Waals surface area contributed by atoms with Crippen LogP contribution in [0.4, 0.5) is 0 Å². The Morgan fingerprint density at radius 3 is 2.25 bits per heavy atom. The zero-order valence-corrected chi connectivity index (χ0v) is 10.5. The second-order valence-electron chi connectivity index (χ2n) is 4.33. The maximum absolute atomic E-state index is 8.00. The van der Waals surface area contributed by atoms with Gasteiger partial charge in [-0.3, -0.25) is 0 Å². The first-order chi connectivity index (χ1) is 7.74. The molecule has 0 unspecified atom stereocenters. The minimum atomic E-state index is 0.934. The van der Waals surface area contributed by atoms with Crippen LogP contribution in [0.3, 0.4) is 0 Å². The highest BCUT2D eigenvalue weighted by atomic mass is 16.6. The molecule has 96 valence electrons. The Morgan fingerprint density at radius 1 is 1.25 bits per heavy atom. The van der Waals surface area contributed by atoms with Crippen LogP contribution in [0.15, 0.2) is 5.34 Å². The number of nitrogens with zero attached hydrogens (tertiary/aromatic N) is 2. The fraction of sp³-hybridized carbons (Fsp3) is 1.00. The van der Waals surface area contributed by atoms with Crippen LogP contribution >= 0.6 is 0 Å². The van der Waals surface area contributed by atoms with Crippen LogP contribution in [0.5, 0.6) is 0 Å². The highest BCUT2D eigenvalue weighted by molar-refractivity contribution is 4.52. The number of hydrogen-bond acceptors (Lipinski definition) is 4. The second-order valence-corrected chi connectivity index (χ2v) is 4.33. The number of ether oxygens (including phenoxy) is 1. The van der Waals surface area contributed by atoms with Crippen LogP contribution in [-0.2, 0) is 4.74 Å². The van der Waals surface area contributed by atoms with E-state index in [-0.39, 0.29) is 0 Å². The molecule has 1 rings (SSSR count). The summed E-state index contributed by atoms with van der Waals surface area (Å²) in [5.74, 6) is 0.